The molecule has 1 aromatic heterocycles. The molecule has 2 N–H and O–H groups in total. The van der Waals surface area contributed by atoms with Crippen LogP contribution in [0.3, 0.4) is 0 Å². The molecule has 1 aromatic carbocycles. The third-order valence-electron chi connectivity index (χ3n) is 5.38. The Labute approximate surface area is 161 Å². The Balaban J connectivity index is 1.95. The van der Waals surface area contributed by atoms with Gasteiger partial charge in [0.05, 0.1) is 13.2 Å². The lowest BCUT2D eigenvalue weighted by Gasteiger charge is -2.22. The van der Waals surface area contributed by atoms with E-state index in [4.69, 9.17) is 10.5 Å². The minimum Gasteiger partial charge on any atom is -0.461 e. The molecule has 1 atom stereocenters. The fraction of sp³-hybridized carbons (Fsp3) is 0.545. The number of fused-ring (bicyclic) bond motifs is 1. The Kier molecular flexibility index (Phi) is 5.70. The van der Waals surface area contributed by atoms with Crippen molar-refractivity contribution < 1.29 is 9.53 Å². The molecule has 2 aromatic rings. The van der Waals surface area contributed by atoms with Gasteiger partial charge in [-0.05, 0) is 49.3 Å². The van der Waals surface area contributed by atoms with E-state index in [-0.39, 0.29) is 17.3 Å². The molecule has 0 saturated carbocycles. The molecule has 1 aliphatic carbocycles. The van der Waals surface area contributed by atoms with Crippen molar-refractivity contribution in [3.63, 3.8) is 0 Å². The summed E-state index contributed by atoms with van der Waals surface area (Å²) in [5.74, 6) is -0.152. The van der Waals surface area contributed by atoms with Gasteiger partial charge in [-0.2, -0.15) is 5.10 Å². The average molecular weight is 370 g/mol. The third-order valence-corrected chi connectivity index (χ3v) is 5.38. The molecule has 0 radical (unpaired) electrons. The van der Waals surface area contributed by atoms with Crippen molar-refractivity contribution in [3.05, 3.63) is 52.3 Å². The minimum absolute atomic E-state index is 0.134. The fourth-order valence-electron chi connectivity index (χ4n) is 3.86. The first-order valence-electron chi connectivity index (χ1n) is 9.91. The van der Waals surface area contributed by atoms with Gasteiger partial charge in [0, 0.05) is 17.2 Å². The van der Waals surface area contributed by atoms with Crippen LogP contribution in [0.25, 0.3) is 0 Å². The molecule has 5 heteroatoms. The maximum absolute atomic E-state index is 12.5. The SMILES string of the molecule is CCOC(=O)c1nn(Cc2ccc(C(C)(C)C)cc2)c2c1C(CN)CCC2. The smallest absolute Gasteiger partial charge is 0.359 e. The van der Waals surface area contributed by atoms with Crippen LogP contribution in [0.5, 0.6) is 0 Å². The molecule has 1 aliphatic rings. The first-order valence-corrected chi connectivity index (χ1v) is 9.91. The van der Waals surface area contributed by atoms with Gasteiger partial charge in [-0.15, -0.1) is 0 Å². The second kappa shape index (κ2) is 7.85. The molecular weight excluding hydrogens is 338 g/mol. The third kappa shape index (κ3) is 4.08. The topological polar surface area (TPSA) is 70.1 Å². The molecule has 1 heterocycles. The van der Waals surface area contributed by atoms with E-state index < -0.39 is 0 Å². The zero-order chi connectivity index (χ0) is 19.6. The number of ether oxygens (including phenoxy) is 1. The van der Waals surface area contributed by atoms with Crippen molar-refractivity contribution in [1.82, 2.24) is 9.78 Å². The van der Waals surface area contributed by atoms with Gasteiger partial charge in [0.2, 0.25) is 0 Å². The molecule has 0 spiro atoms. The van der Waals surface area contributed by atoms with E-state index in [2.05, 4.69) is 50.1 Å². The largest absolute Gasteiger partial charge is 0.461 e. The monoisotopic (exact) mass is 369 g/mol. The number of carbonyl (C=O) groups excluding carboxylic acids is 1. The van der Waals surface area contributed by atoms with E-state index in [9.17, 15) is 4.79 Å². The summed E-state index contributed by atoms with van der Waals surface area (Å²) in [5.41, 5.74) is 11.2. The van der Waals surface area contributed by atoms with Gasteiger partial charge in [0.1, 0.15) is 0 Å². The Morgan fingerprint density at radius 2 is 2.00 bits per heavy atom. The standard InChI is InChI=1S/C22H31N3O2/c1-5-27-21(26)20-19-16(13-23)7-6-8-18(19)25(24-20)14-15-9-11-17(12-10-15)22(2,3)4/h9-12,16H,5-8,13-14,23H2,1-4H3. The average Bonchev–Trinajstić information content (AvgIpc) is 3.00. The van der Waals surface area contributed by atoms with Gasteiger partial charge in [0.25, 0.3) is 0 Å². The molecule has 5 nitrogen and oxygen atoms in total. The normalized spacial score (nSPS) is 16.9. The molecule has 1 unspecified atom stereocenters. The van der Waals surface area contributed by atoms with Gasteiger partial charge in [-0.1, -0.05) is 45.0 Å². The van der Waals surface area contributed by atoms with Gasteiger partial charge >= 0.3 is 5.97 Å². The van der Waals surface area contributed by atoms with E-state index in [1.165, 1.54) is 11.1 Å². The molecular formula is C22H31N3O2. The van der Waals surface area contributed by atoms with E-state index in [0.29, 0.717) is 25.4 Å². The Morgan fingerprint density at radius 3 is 2.59 bits per heavy atom. The zero-order valence-corrected chi connectivity index (χ0v) is 16.9. The van der Waals surface area contributed by atoms with Crippen LogP contribution in [0.4, 0.5) is 0 Å². The molecule has 0 aliphatic heterocycles. The van der Waals surface area contributed by atoms with Crippen molar-refractivity contribution in [3.8, 4) is 0 Å². The van der Waals surface area contributed by atoms with Gasteiger partial charge in [0.15, 0.2) is 5.69 Å². The van der Waals surface area contributed by atoms with Gasteiger partial charge in [-0.25, -0.2) is 4.79 Å². The second-order valence-electron chi connectivity index (χ2n) is 8.36. The Bertz CT molecular complexity index is 800. The number of nitrogens with zero attached hydrogens (tertiary/aromatic N) is 2. The summed E-state index contributed by atoms with van der Waals surface area (Å²) in [4.78, 5) is 12.5. The summed E-state index contributed by atoms with van der Waals surface area (Å²) in [6.07, 6.45) is 3.01. The lowest BCUT2D eigenvalue weighted by atomic mass is 9.85. The molecule has 3 rings (SSSR count). The van der Waals surface area contributed by atoms with Crippen LogP contribution in [0.1, 0.15) is 79.3 Å². The van der Waals surface area contributed by atoms with Crippen molar-refractivity contribution in [2.24, 2.45) is 5.73 Å². The maximum Gasteiger partial charge on any atom is 0.359 e. The Hall–Kier alpha value is -2.14. The maximum atomic E-state index is 12.5. The summed E-state index contributed by atoms with van der Waals surface area (Å²) in [6, 6.07) is 8.67. The van der Waals surface area contributed by atoms with Crippen LogP contribution in [-0.2, 0) is 23.1 Å². The lowest BCUT2D eigenvalue weighted by molar-refractivity contribution is 0.0516. The van der Waals surface area contributed by atoms with Crippen LogP contribution in [0.15, 0.2) is 24.3 Å². The predicted octanol–water partition coefficient (Wildman–Crippen LogP) is 3.78. The lowest BCUT2D eigenvalue weighted by Crippen LogP contribution is -2.21. The van der Waals surface area contributed by atoms with Crippen molar-refractivity contribution in [1.29, 1.82) is 0 Å². The molecule has 0 fully saturated rings. The van der Waals surface area contributed by atoms with Crippen LogP contribution in [0, 0.1) is 0 Å². The highest BCUT2D eigenvalue weighted by atomic mass is 16.5. The quantitative estimate of drug-likeness (QED) is 0.814. The van der Waals surface area contributed by atoms with Crippen LogP contribution in [0.2, 0.25) is 0 Å². The van der Waals surface area contributed by atoms with Gasteiger partial charge in [-0.3, -0.25) is 4.68 Å². The van der Waals surface area contributed by atoms with Crippen molar-refractivity contribution in [2.75, 3.05) is 13.2 Å². The van der Waals surface area contributed by atoms with E-state index in [1.807, 2.05) is 11.6 Å². The van der Waals surface area contributed by atoms with Crippen molar-refractivity contribution in [2.45, 2.75) is 64.8 Å². The molecule has 146 valence electrons. The van der Waals surface area contributed by atoms with Gasteiger partial charge < -0.3 is 10.5 Å². The highest BCUT2D eigenvalue weighted by Gasteiger charge is 2.31. The summed E-state index contributed by atoms with van der Waals surface area (Å²) >= 11 is 0. The number of hydrogen-bond acceptors (Lipinski definition) is 4. The Morgan fingerprint density at radius 1 is 1.30 bits per heavy atom. The summed E-state index contributed by atoms with van der Waals surface area (Å²) in [6.45, 7) is 9.99. The molecule has 27 heavy (non-hydrogen) atoms. The highest BCUT2D eigenvalue weighted by molar-refractivity contribution is 5.89. The number of esters is 1. The van der Waals surface area contributed by atoms with E-state index in [1.54, 1.807) is 0 Å². The zero-order valence-electron chi connectivity index (χ0n) is 16.9. The molecule has 0 amide bonds. The molecule has 0 saturated heterocycles. The summed E-state index contributed by atoms with van der Waals surface area (Å²) in [7, 11) is 0. The number of benzene rings is 1. The highest BCUT2D eigenvalue weighted by Crippen LogP contribution is 2.34. The number of rotatable bonds is 5. The second-order valence-corrected chi connectivity index (χ2v) is 8.36. The van der Waals surface area contributed by atoms with Crippen LogP contribution in [-0.4, -0.2) is 28.9 Å². The predicted molar refractivity (Wildman–Crippen MR) is 107 cm³/mol. The summed E-state index contributed by atoms with van der Waals surface area (Å²) in [5, 5.41) is 4.66. The van der Waals surface area contributed by atoms with E-state index in [0.717, 1.165) is 30.5 Å². The number of hydrogen-bond donors (Lipinski definition) is 1. The number of carbonyl (C=O) groups is 1. The first kappa shape index (κ1) is 19.6. The van der Waals surface area contributed by atoms with Crippen molar-refractivity contribution >= 4 is 5.97 Å². The first-order chi connectivity index (χ1) is 12.8. The van der Waals surface area contributed by atoms with E-state index >= 15 is 0 Å². The number of nitrogens with two attached hydrogens (primary N) is 1. The van der Waals surface area contributed by atoms with Crippen LogP contribution >= 0.6 is 0 Å². The summed E-state index contributed by atoms with van der Waals surface area (Å²) < 4.78 is 7.23. The minimum atomic E-state index is -0.337. The fourth-order valence-corrected chi connectivity index (χ4v) is 3.86. The number of aromatic nitrogens is 2. The molecule has 0 bridgehead atoms. The van der Waals surface area contributed by atoms with Crippen LogP contribution < -0.4 is 5.73 Å².